The van der Waals surface area contributed by atoms with Crippen LogP contribution in [0.2, 0.25) is 0 Å². The van der Waals surface area contributed by atoms with Crippen LogP contribution < -0.4 is 5.32 Å². The fourth-order valence-electron chi connectivity index (χ4n) is 2.88. The zero-order valence-corrected chi connectivity index (χ0v) is 17.1. The lowest BCUT2D eigenvalue weighted by atomic mass is 10.1. The van der Waals surface area contributed by atoms with Gasteiger partial charge in [0, 0.05) is 18.3 Å². The Kier molecular flexibility index (Phi) is 5.65. The topological polar surface area (TPSA) is 59.8 Å². The number of thioether (sulfide) groups is 1. The molecule has 1 aromatic heterocycles. The van der Waals surface area contributed by atoms with Crippen molar-refractivity contribution in [1.82, 2.24) is 14.8 Å². The highest BCUT2D eigenvalue weighted by Crippen LogP contribution is 2.28. The van der Waals surface area contributed by atoms with Gasteiger partial charge in [0.15, 0.2) is 11.0 Å². The van der Waals surface area contributed by atoms with Crippen molar-refractivity contribution in [3.8, 4) is 11.4 Å². The second-order valence-corrected chi connectivity index (χ2v) is 8.06. The molecule has 0 unspecified atom stereocenters. The molecule has 0 aliphatic heterocycles. The van der Waals surface area contributed by atoms with Crippen molar-refractivity contribution in [2.24, 2.45) is 7.05 Å². The third-order valence-electron chi connectivity index (χ3n) is 4.51. The number of amides is 1. The number of hydrogen-bond acceptors (Lipinski definition) is 4. The van der Waals surface area contributed by atoms with Gasteiger partial charge in [-0.05, 0) is 44.9 Å². The summed E-state index contributed by atoms with van der Waals surface area (Å²) in [6, 6.07) is 14.1. The summed E-state index contributed by atoms with van der Waals surface area (Å²) < 4.78 is 1.94. The minimum Gasteiger partial charge on any atom is -0.325 e. The van der Waals surface area contributed by atoms with E-state index in [0.29, 0.717) is 0 Å². The predicted octanol–water partition coefficient (Wildman–Crippen LogP) is 4.53. The first-order valence-electron chi connectivity index (χ1n) is 8.87. The van der Waals surface area contributed by atoms with Crippen molar-refractivity contribution in [2.75, 3.05) is 5.32 Å². The van der Waals surface area contributed by atoms with Gasteiger partial charge in [0.2, 0.25) is 5.91 Å². The fourth-order valence-corrected chi connectivity index (χ4v) is 3.69. The quantitative estimate of drug-likeness (QED) is 0.661. The summed E-state index contributed by atoms with van der Waals surface area (Å²) in [5.74, 6) is 0.755. The molecule has 0 bridgehead atoms. The van der Waals surface area contributed by atoms with E-state index in [1.165, 1.54) is 17.3 Å². The van der Waals surface area contributed by atoms with Gasteiger partial charge in [-0.3, -0.25) is 4.79 Å². The number of anilines is 1. The molecule has 1 atom stereocenters. The molecule has 0 aliphatic rings. The Morgan fingerprint density at radius 3 is 2.52 bits per heavy atom. The van der Waals surface area contributed by atoms with Gasteiger partial charge >= 0.3 is 0 Å². The molecule has 0 radical (unpaired) electrons. The van der Waals surface area contributed by atoms with Gasteiger partial charge in [-0.1, -0.05) is 53.7 Å². The number of carbonyl (C=O) groups is 1. The molecule has 3 aromatic rings. The lowest BCUT2D eigenvalue weighted by molar-refractivity contribution is -0.115. The van der Waals surface area contributed by atoms with E-state index in [0.717, 1.165) is 33.4 Å². The summed E-state index contributed by atoms with van der Waals surface area (Å²) in [5, 5.41) is 12.0. The fraction of sp³-hybridized carbons (Fsp3) is 0.286. The van der Waals surface area contributed by atoms with Gasteiger partial charge < -0.3 is 9.88 Å². The highest BCUT2D eigenvalue weighted by Gasteiger charge is 2.20. The first kappa shape index (κ1) is 19.2. The molecule has 1 amide bonds. The molecule has 1 N–H and O–H groups in total. The first-order valence-corrected chi connectivity index (χ1v) is 9.75. The molecule has 0 spiro atoms. The molecule has 5 nitrogen and oxygen atoms in total. The largest absolute Gasteiger partial charge is 0.325 e. The molecule has 0 fully saturated rings. The van der Waals surface area contributed by atoms with E-state index < -0.39 is 0 Å². The number of hydrogen-bond donors (Lipinski definition) is 1. The van der Waals surface area contributed by atoms with E-state index >= 15 is 0 Å². The van der Waals surface area contributed by atoms with Crippen LogP contribution in [0.3, 0.4) is 0 Å². The molecule has 6 heteroatoms. The molecule has 0 aliphatic carbocycles. The Labute approximate surface area is 164 Å². The van der Waals surface area contributed by atoms with E-state index in [1.807, 2.05) is 62.7 Å². The number of rotatable bonds is 5. The van der Waals surface area contributed by atoms with E-state index in [-0.39, 0.29) is 11.2 Å². The van der Waals surface area contributed by atoms with E-state index in [2.05, 4.69) is 34.6 Å². The molecule has 27 heavy (non-hydrogen) atoms. The molecule has 0 saturated carbocycles. The van der Waals surface area contributed by atoms with Crippen LogP contribution in [0.4, 0.5) is 5.69 Å². The van der Waals surface area contributed by atoms with Gasteiger partial charge in [0.05, 0.1) is 5.25 Å². The number of nitrogens with one attached hydrogen (secondary N) is 1. The van der Waals surface area contributed by atoms with E-state index in [1.54, 1.807) is 0 Å². The maximum Gasteiger partial charge on any atom is 0.237 e. The van der Waals surface area contributed by atoms with Gasteiger partial charge in [-0.2, -0.15) is 0 Å². The zero-order chi connectivity index (χ0) is 19.6. The van der Waals surface area contributed by atoms with Gasteiger partial charge in [-0.15, -0.1) is 10.2 Å². The van der Waals surface area contributed by atoms with Crippen molar-refractivity contribution in [3.63, 3.8) is 0 Å². The summed E-state index contributed by atoms with van der Waals surface area (Å²) in [4.78, 5) is 12.6. The average Bonchev–Trinajstić information content (AvgIpc) is 2.98. The van der Waals surface area contributed by atoms with Crippen molar-refractivity contribution in [3.05, 3.63) is 59.2 Å². The minimum atomic E-state index is -0.293. The third-order valence-corrected chi connectivity index (χ3v) is 5.65. The Hall–Kier alpha value is -2.60. The van der Waals surface area contributed by atoms with Gasteiger partial charge in [-0.25, -0.2) is 0 Å². The maximum atomic E-state index is 12.6. The normalized spacial score (nSPS) is 12.0. The van der Waals surface area contributed by atoms with Gasteiger partial charge in [0.25, 0.3) is 0 Å². The Bertz CT molecular complexity index is 980. The van der Waals surface area contributed by atoms with Crippen molar-refractivity contribution in [2.45, 2.75) is 38.1 Å². The van der Waals surface area contributed by atoms with Crippen LogP contribution in [-0.2, 0) is 11.8 Å². The number of aryl methyl sites for hydroxylation is 3. The number of nitrogens with zero attached hydrogens (tertiary/aromatic N) is 3. The average molecular weight is 381 g/mol. The molecule has 2 aromatic carbocycles. The molecule has 140 valence electrons. The van der Waals surface area contributed by atoms with Crippen LogP contribution in [0.1, 0.15) is 23.6 Å². The summed E-state index contributed by atoms with van der Waals surface area (Å²) in [6.45, 7) is 7.97. The second kappa shape index (κ2) is 7.96. The van der Waals surface area contributed by atoms with Crippen LogP contribution in [0.15, 0.2) is 47.6 Å². The van der Waals surface area contributed by atoms with E-state index in [9.17, 15) is 4.79 Å². The SMILES string of the molecule is Cc1ccc(NC(=O)[C@@H](C)Sc2nnc(-c3ccccc3C)n2C)c(C)c1. The van der Waals surface area contributed by atoms with Crippen LogP contribution in [0, 0.1) is 20.8 Å². The molecular weight excluding hydrogens is 356 g/mol. The lowest BCUT2D eigenvalue weighted by Crippen LogP contribution is -2.23. The van der Waals surface area contributed by atoms with E-state index in [4.69, 9.17) is 0 Å². The van der Waals surface area contributed by atoms with Crippen LogP contribution in [-0.4, -0.2) is 25.9 Å². The summed E-state index contributed by atoms with van der Waals surface area (Å²) in [6.07, 6.45) is 0. The Morgan fingerprint density at radius 2 is 1.81 bits per heavy atom. The minimum absolute atomic E-state index is 0.0487. The predicted molar refractivity (Wildman–Crippen MR) is 111 cm³/mol. The number of aromatic nitrogens is 3. The Morgan fingerprint density at radius 1 is 1.07 bits per heavy atom. The Balaban J connectivity index is 1.73. The molecule has 1 heterocycles. The first-order chi connectivity index (χ1) is 12.9. The summed E-state index contributed by atoms with van der Waals surface area (Å²) in [5.41, 5.74) is 5.27. The number of carbonyl (C=O) groups excluding carboxylic acids is 1. The second-order valence-electron chi connectivity index (χ2n) is 6.75. The third kappa shape index (κ3) is 4.22. The van der Waals surface area contributed by atoms with Crippen molar-refractivity contribution < 1.29 is 4.79 Å². The summed E-state index contributed by atoms with van der Waals surface area (Å²) in [7, 11) is 1.93. The monoisotopic (exact) mass is 380 g/mol. The standard InChI is InChI=1S/C21H24N4OS/c1-13-10-11-18(15(3)12-13)22-20(26)16(4)27-21-24-23-19(25(21)5)17-9-7-6-8-14(17)2/h6-12,16H,1-5H3,(H,22,26)/t16-/m1/s1. The lowest BCUT2D eigenvalue weighted by Gasteiger charge is -2.13. The maximum absolute atomic E-state index is 12.6. The van der Waals surface area contributed by atoms with Crippen LogP contribution in [0.25, 0.3) is 11.4 Å². The van der Waals surface area contributed by atoms with Crippen LogP contribution >= 0.6 is 11.8 Å². The zero-order valence-electron chi connectivity index (χ0n) is 16.3. The molecular formula is C21H24N4OS. The van der Waals surface area contributed by atoms with Crippen LogP contribution in [0.5, 0.6) is 0 Å². The molecule has 3 rings (SSSR count). The highest BCUT2D eigenvalue weighted by molar-refractivity contribution is 8.00. The van der Waals surface area contributed by atoms with Crippen molar-refractivity contribution >= 4 is 23.4 Å². The molecule has 0 saturated heterocycles. The smallest absolute Gasteiger partial charge is 0.237 e. The van der Waals surface area contributed by atoms with Crippen molar-refractivity contribution in [1.29, 1.82) is 0 Å². The van der Waals surface area contributed by atoms with Gasteiger partial charge in [0.1, 0.15) is 0 Å². The highest BCUT2D eigenvalue weighted by atomic mass is 32.2. The number of benzene rings is 2. The summed E-state index contributed by atoms with van der Waals surface area (Å²) >= 11 is 1.41.